The molecule has 4 nitrogen and oxygen atoms in total. The van der Waals surface area contributed by atoms with Crippen molar-refractivity contribution in [2.75, 3.05) is 44.2 Å². The maximum absolute atomic E-state index is 10.3. The Hall–Kier alpha value is -0.590. The van der Waals surface area contributed by atoms with E-state index in [0.29, 0.717) is 22.3 Å². The van der Waals surface area contributed by atoms with Crippen LogP contribution in [-0.4, -0.2) is 55.4 Å². The van der Waals surface area contributed by atoms with E-state index in [9.17, 15) is 5.11 Å². The van der Waals surface area contributed by atoms with Crippen molar-refractivity contribution in [3.05, 3.63) is 57.5 Å². The number of aliphatic hydroxyl groups excluding tert-OH is 1. The van der Waals surface area contributed by atoms with Crippen LogP contribution in [0, 0.1) is 0 Å². The van der Waals surface area contributed by atoms with Gasteiger partial charge in [0.15, 0.2) is 0 Å². The monoisotopic (exact) mass is 486 g/mol. The number of nitrogens with zero attached hydrogens (tertiary/aromatic N) is 2. The standard InChI is InChI=1S/C19H21Cl3N2O2.2ClH/c20-14-2-1-3-16(10-14)24-8-6-23(7-9-24)12-17(25)13-26-19-5-4-15(21)11-18(19)22;;/h1-5,10-11,17,25H,6-9,12-13H2;2*1H. The van der Waals surface area contributed by atoms with Crippen LogP contribution in [0.3, 0.4) is 0 Å². The third kappa shape index (κ3) is 7.34. The fourth-order valence-electron chi connectivity index (χ4n) is 2.99. The van der Waals surface area contributed by atoms with Gasteiger partial charge in [-0.15, -0.1) is 24.8 Å². The number of hydrogen-bond acceptors (Lipinski definition) is 4. The summed E-state index contributed by atoms with van der Waals surface area (Å²) in [5.74, 6) is 0.529. The minimum atomic E-state index is -0.584. The molecule has 1 aliphatic heterocycles. The van der Waals surface area contributed by atoms with Gasteiger partial charge in [0, 0.05) is 48.5 Å². The zero-order valence-corrected chi connectivity index (χ0v) is 19.0. The highest BCUT2D eigenvalue weighted by molar-refractivity contribution is 6.35. The molecule has 0 aliphatic carbocycles. The van der Waals surface area contributed by atoms with Gasteiger partial charge < -0.3 is 14.7 Å². The molecule has 9 heteroatoms. The summed E-state index contributed by atoms with van der Waals surface area (Å²) in [5.41, 5.74) is 1.14. The van der Waals surface area contributed by atoms with E-state index in [2.05, 4.69) is 15.9 Å². The average molecular weight is 489 g/mol. The summed E-state index contributed by atoms with van der Waals surface area (Å²) < 4.78 is 5.61. The van der Waals surface area contributed by atoms with Gasteiger partial charge in [-0.2, -0.15) is 0 Å². The van der Waals surface area contributed by atoms with Crippen LogP contribution in [-0.2, 0) is 0 Å². The van der Waals surface area contributed by atoms with E-state index in [1.165, 1.54) is 0 Å². The highest BCUT2D eigenvalue weighted by Crippen LogP contribution is 2.27. The maximum atomic E-state index is 10.3. The van der Waals surface area contributed by atoms with Crippen molar-refractivity contribution in [1.82, 2.24) is 4.90 Å². The van der Waals surface area contributed by atoms with Crippen molar-refractivity contribution >= 4 is 65.3 Å². The average Bonchev–Trinajstić information content (AvgIpc) is 2.61. The highest BCUT2D eigenvalue weighted by atomic mass is 35.5. The number of hydrogen-bond donors (Lipinski definition) is 1. The molecule has 156 valence electrons. The first kappa shape index (κ1) is 25.4. The van der Waals surface area contributed by atoms with Gasteiger partial charge in [-0.3, -0.25) is 4.90 Å². The van der Waals surface area contributed by atoms with Crippen molar-refractivity contribution in [3.63, 3.8) is 0 Å². The van der Waals surface area contributed by atoms with Crippen molar-refractivity contribution in [2.45, 2.75) is 6.10 Å². The van der Waals surface area contributed by atoms with E-state index in [1.54, 1.807) is 18.2 Å². The zero-order chi connectivity index (χ0) is 18.5. The van der Waals surface area contributed by atoms with Crippen molar-refractivity contribution in [3.8, 4) is 5.75 Å². The summed E-state index contributed by atoms with van der Waals surface area (Å²) in [7, 11) is 0. The molecule has 1 unspecified atom stereocenters. The maximum Gasteiger partial charge on any atom is 0.138 e. The Bertz CT molecular complexity index is 742. The molecule has 0 bridgehead atoms. The van der Waals surface area contributed by atoms with E-state index in [0.717, 1.165) is 36.9 Å². The van der Waals surface area contributed by atoms with Gasteiger partial charge in [0.1, 0.15) is 18.5 Å². The van der Waals surface area contributed by atoms with Gasteiger partial charge in [-0.25, -0.2) is 0 Å². The van der Waals surface area contributed by atoms with Crippen LogP contribution in [0.15, 0.2) is 42.5 Å². The van der Waals surface area contributed by atoms with E-state index >= 15 is 0 Å². The Balaban J connectivity index is 0.00000196. The predicted molar refractivity (Wildman–Crippen MR) is 123 cm³/mol. The van der Waals surface area contributed by atoms with Crippen LogP contribution in [0.5, 0.6) is 5.75 Å². The Kier molecular flexibility index (Phi) is 11.1. The van der Waals surface area contributed by atoms with Crippen LogP contribution < -0.4 is 9.64 Å². The minimum absolute atomic E-state index is 0. The third-order valence-corrected chi connectivity index (χ3v) is 5.11. The molecule has 1 aliphatic rings. The fourth-order valence-corrected chi connectivity index (χ4v) is 3.64. The summed E-state index contributed by atoms with van der Waals surface area (Å²) in [6, 6.07) is 12.9. The second-order valence-corrected chi connectivity index (χ2v) is 7.59. The lowest BCUT2D eigenvalue weighted by Crippen LogP contribution is -2.49. The number of piperazine rings is 1. The molecule has 1 heterocycles. The normalized spacial score (nSPS) is 15.4. The molecule has 1 N–H and O–H groups in total. The van der Waals surface area contributed by atoms with Gasteiger partial charge in [-0.05, 0) is 36.4 Å². The number of aliphatic hydroxyl groups is 1. The minimum Gasteiger partial charge on any atom is -0.489 e. The number of halogens is 5. The zero-order valence-electron chi connectivity index (χ0n) is 15.1. The lowest BCUT2D eigenvalue weighted by atomic mass is 10.2. The van der Waals surface area contributed by atoms with Crippen molar-refractivity contribution in [2.24, 2.45) is 0 Å². The van der Waals surface area contributed by atoms with Crippen LogP contribution in [0.1, 0.15) is 0 Å². The van der Waals surface area contributed by atoms with E-state index in [1.807, 2.05) is 18.2 Å². The van der Waals surface area contributed by atoms with Crippen LogP contribution in [0.2, 0.25) is 15.1 Å². The first-order valence-corrected chi connectivity index (χ1v) is 9.63. The van der Waals surface area contributed by atoms with Gasteiger partial charge >= 0.3 is 0 Å². The van der Waals surface area contributed by atoms with E-state index in [4.69, 9.17) is 39.5 Å². The van der Waals surface area contributed by atoms with E-state index in [-0.39, 0.29) is 31.4 Å². The number of rotatable bonds is 6. The van der Waals surface area contributed by atoms with Crippen LogP contribution in [0.25, 0.3) is 0 Å². The van der Waals surface area contributed by atoms with Gasteiger partial charge in [0.05, 0.1) is 5.02 Å². The fraction of sp³-hybridized carbons (Fsp3) is 0.368. The topological polar surface area (TPSA) is 35.9 Å². The molecule has 3 rings (SSSR count). The molecule has 0 radical (unpaired) electrons. The molecule has 0 aromatic heterocycles. The first-order chi connectivity index (χ1) is 12.5. The Morgan fingerprint density at radius 2 is 1.61 bits per heavy atom. The summed E-state index contributed by atoms with van der Waals surface area (Å²) in [4.78, 5) is 4.54. The molecule has 0 spiro atoms. The number of anilines is 1. The van der Waals surface area contributed by atoms with Crippen LogP contribution in [0.4, 0.5) is 5.69 Å². The lowest BCUT2D eigenvalue weighted by Gasteiger charge is -2.36. The second-order valence-electron chi connectivity index (χ2n) is 6.31. The molecular weight excluding hydrogens is 465 g/mol. The molecule has 28 heavy (non-hydrogen) atoms. The van der Waals surface area contributed by atoms with E-state index < -0.39 is 6.10 Å². The largest absolute Gasteiger partial charge is 0.489 e. The summed E-state index contributed by atoms with van der Waals surface area (Å²) in [6.45, 7) is 4.31. The summed E-state index contributed by atoms with van der Waals surface area (Å²) >= 11 is 18.0. The van der Waals surface area contributed by atoms with Crippen molar-refractivity contribution < 1.29 is 9.84 Å². The SMILES string of the molecule is Cl.Cl.OC(COc1ccc(Cl)cc1Cl)CN1CCN(c2cccc(Cl)c2)CC1. The van der Waals surface area contributed by atoms with Crippen molar-refractivity contribution in [1.29, 1.82) is 0 Å². The third-order valence-electron chi connectivity index (χ3n) is 4.34. The Labute approximate surface area is 193 Å². The molecule has 0 amide bonds. The molecule has 0 saturated carbocycles. The van der Waals surface area contributed by atoms with Gasteiger partial charge in [-0.1, -0.05) is 40.9 Å². The Morgan fingerprint density at radius 3 is 2.25 bits per heavy atom. The Morgan fingerprint density at radius 1 is 0.929 bits per heavy atom. The number of β-amino-alcohol motifs (C(OH)–C–C–N with tert-alkyl or cyclic N) is 1. The van der Waals surface area contributed by atoms with Gasteiger partial charge in [0.25, 0.3) is 0 Å². The smallest absolute Gasteiger partial charge is 0.138 e. The number of benzene rings is 2. The summed E-state index contributed by atoms with van der Waals surface area (Å²) in [6.07, 6.45) is -0.584. The lowest BCUT2D eigenvalue weighted by molar-refractivity contribution is 0.0663. The second kappa shape index (κ2) is 12.2. The molecular formula is C19H23Cl5N2O2. The van der Waals surface area contributed by atoms with Crippen LogP contribution >= 0.6 is 59.6 Å². The quantitative estimate of drug-likeness (QED) is 0.617. The predicted octanol–water partition coefficient (Wildman–Crippen LogP) is 5.05. The molecule has 2 aromatic rings. The molecule has 1 saturated heterocycles. The summed E-state index contributed by atoms with van der Waals surface area (Å²) in [5, 5.41) is 12.0. The first-order valence-electron chi connectivity index (χ1n) is 8.50. The van der Waals surface area contributed by atoms with Gasteiger partial charge in [0.2, 0.25) is 0 Å². The molecule has 2 aromatic carbocycles. The number of ether oxygens (including phenoxy) is 1. The highest BCUT2D eigenvalue weighted by Gasteiger charge is 2.20. The molecule has 1 atom stereocenters. The molecule has 1 fully saturated rings.